The van der Waals surface area contributed by atoms with Crippen LogP contribution in [-0.4, -0.2) is 15.5 Å². The van der Waals surface area contributed by atoms with E-state index in [4.69, 9.17) is 5.73 Å². The molecule has 0 heterocycles. The monoisotopic (exact) mass is 290 g/mol. The Kier molecular flexibility index (Phi) is 4.42. The Morgan fingerprint density at radius 2 is 1.60 bits per heavy atom. The molecule has 0 amide bonds. The third kappa shape index (κ3) is 3.18. The SMILES string of the molecule is CN(c1ccccc1CN)S(=O)(=O)Cc1ccccc1. The van der Waals surface area contributed by atoms with E-state index in [1.807, 2.05) is 36.4 Å². The molecule has 4 nitrogen and oxygen atoms in total. The summed E-state index contributed by atoms with van der Waals surface area (Å²) < 4.78 is 26.2. The van der Waals surface area contributed by atoms with Crippen molar-refractivity contribution in [2.24, 2.45) is 5.73 Å². The number of anilines is 1. The van der Waals surface area contributed by atoms with Crippen molar-refractivity contribution in [1.29, 1.82) is 0 Å². The second-order valence-corrected chi connectivity index (χ2v) is 6.54. The van der Waals surface area contributed by atoms with Crippen molar-refractivity contribution in [2.45, 2.75) is 12.3 Å². The predicted molar refractivity (Wildman–Crippen MR) is 81.8 cm³/mol. The van der Waals surface area contributed by atoms with E-state index in [1.54, 1.807) is 25.2 Å². The quantitative estimate of drug-likeness (QED) is 0.917. The molecule has 0 atom stereocenters. The molecule has 20 heavy (non-hydrogen) atoms. The van der Waals surface area contributed by atoms with Gasteiger partial charge in [-0.15, -0.1) is 0 Å². The van der Waals surface area contributed by atoms with Crippen molar-refractivity contribution < 1.29 is 8.42 Å². The smallest absolute Gasteiger partial charge is 0.239 e. The Labute approximate surface area is 119 Å². The molecular weight excluding hydrogens is 272 g/mol. The van der Waals surface area contributed by atoms with Crippen LogP contribution in [0.5, 0.6) is 0 Å². The van der Waals surface area contributed by atoms with Gasteiger partial charge in [-0.3, -0.25) is 4.31 Å². The largest absolute Gasteiger partial charge is 0.326 e. The standard InChI is InChI=1S/C15H18N2O2S/c1-17(15-10-6-5-9-14(15)11-16)20(18,19)12-13-7-3-2-4-8-13/h2-10H,11-12,16H2,1H3. The zero-order chi connectivity index (χ0) is 14.6. The lowest BCUT2D eigenvalue weighted by Gasteiger charge is -2.22. The number of hydrogen-bond donors (Lipinski definition) is 1. The Morgan fingerprint density at radius 3 is 2.25 bits per heavy atom. The average molecular weight is 290 g/mol. The Balaban J connectivity index is 2.29. The van der Waals surface area contributed by atoms with Crippen molar-refractivity contribution in [3.63, 3.8) is 0 Å². The summed E-state index contributed by atoms with van der Waals surface area (Å²) in [6, 6.07) is 16.4. The van der Waals surface area contributed by atoms with Gasteiger partial charge in [0.2, 0.25) is 10.0 Å². The van der Waals surface area contributed by atoms with Crippen LogP contribution in [0.2, 0.25) is 0 Å². The molecule has 0 aliphatic heterocycles. The van der Waals surface area contributed by atoms with E-state index in [0.717, 1.165) is 11.1 Å². The van der Waals surface area contributed by atoms with Gasteiger partial charge < -0.3 is 5.73 Å². The molecule has 0 saturated carbocycles. The molecule has 0 spiro atoms. The summed E-state index contributed by atoms with van der Waals surface area (Å²) in [7, 11) is -1.86. The Bertz CT molecular complexity index is 669. The maximum atomic E-state index is 12.5. The van der Waals surface area contributed by atoms with Gasteiger partial charge in [-0.2, -0.15) is 0 Å². The van der Waals surface area contributed by atoms with Crippen molar-refractivity contribution in [3.8, 4) is 0 Å². The second-order valence-electron chi connectivity index (χ2n) is 4.54. The van der Waals surface area contributed by atoms with Gasteiger partial charge in [-0.05, 0) is 17.2 Å². The average Bonchev–Trinajstić information content (AvgIpc) is 2.47. The lowest BCUT2D eigenvalue weighted by atomic mass is 10.2. The molecule has 106 valence electrons. The Hall–Kier alpha value is -1.85. The highest BCUT2D eigenvalue weighted by Crippen LogP contribution is 2.23. The van der Waals surface area contributed by atoms with E-state index in [9.17, 15) is 8.42 Å². The first-order valence-corrected chi connectivity index (χ1v) is 7.94. The molecule has 5 heteroatoms. The van der Waals surface area contributed by atoms with Crippen LogP contribution in [0.15, 0.2) is 54.6 Å². The van der Waals surface area contributed by atoms with Gasteiger partial charge in [0.15, 0.2) is 0 Å². The highest BCUT2D eigenvalue weighted by Gasteiger charge is 2.20. The van der Waals surface area contributed by atoms with Crippen LogP contribution in [0.3, 0.4) is 0 Å². The minimum Gasteiger partial charge on any atom is -0.326 e. The summed E-state index contributed by atoms with van der Waals surface area (Å²) in [5.41, 5.74) is 7.87. The summed E-state index contributed by atoms with van der Waals surface area (Å²) in [6.07, 6.45) is 0. The number of rotatable bonds is 5. The van der Waals surface area contributed by atoms with Crippen LogP contribution in [0.4, 0.5) is 5.69 Å². The van der Waals surface area contributed by atoms with Gasteiger partial charge in [-0.1, -0.05) is 48.5 Å². The first-order valence-electron chi connectivity index (χ1n) is 6.33. The van der Waals surface area contributed by atoms with Crippen LogP contribution in [0.1, 0.15) is 11.1 Å². The Morgan fingerprint density at radius 1 is 1.00 bits per heavy atom. The second kappa shape index (κ2) is 6.07. The van der Waals surface area contributed by atoms with Crippen molar-refractivity contribution in [2.75, 3.05) is 11.4 Å². The van der Waals surface area contributed by atoms with Gasteiger partial charge in [0.25, 0.3) is 0 Å². The summed E-state index contributed by atoms with van der Waals surface area (Å²) in [5, 5.41) is 0. The molecule has 0 unspecified atom stereocenters. The van der Waals surface area contributed by atoms with E-state index < -0.39 is 10.0 Å². The highest BCUT2D eigenvalue weighted by molar-refractivity contribution is 7.92. The summed E-state index contributed by atoms with van der Waals surface area (Å²) in [6.45, 7) is 0.307. The fraction of sp³-hybridized carbons (Fsp3) is 0.200. The number of benzene rings is 2. The molecule has 2 aromatic carbocycles. The number of hydrogen-bond acceptors (Lipinski definition) is 3. The van der Waals surface area contributed by atoms with Crippen LogP contribution < -0.4 is 10.0 Å². The number of nitrogens with two attached hydrogens (primary N) is 1. The number of para-hydroxylation sites is 1. The van der Waals surface area contributed by atoms with E-state index in [1.165, 1.54) is 4.31 Å². The third-order valence-electron chi connectivity index (χ3n) is 3.16. The van der Waals surface area contributed by atoms with Crippen LogP contribution in [-0.2, 0) is 22.3 Å². The molecule has 0 aliphatic carbocycles. The maximum absolute atomic E-state index is 12.5. The van der Waals surface area contributed by atoms with E-state index in [0.29, 0.717) is 12.2 Å². The molecule has 0 fully saturated rings. The molecule has 2 aromatic rings. The summed E-state index contributed by atoms with van der Waals surface area (Å²) in [4.78, 5) is 0. The minimum atomic E-state index is -3.42. The first kappa shape index (κ1) is 14.6. The van der Waals surface area contributed by atoms with E-state index >= 15 is 0 Å². The third-order valence-corrected chi connectivity index (χ3v) is 4.89. The molecule has 2 N–H and O–H groups in total. The molecule has 0 aliphatic rings. The van der Waals surface area contributed by atoms with Gasteiger partial charge in [0, 0.05) is 13.6 Å². The van der Waals surface area contributed by atoms with Gasteiger partial charge in [0.05, 0.1) is 11.4 Å². The molecule has 0 saturated heterocycles. The predicted octanol–water partition coefficient (Wildman–Crippen LogP) is 2.11. The zero-order valence-corrected chi connectivity index (χ0v) is 12.2. The van der Waals surface area contributed by atoms with Crippen molar-refractivity contribution in [1.82, 2.24) is 0 Å². The van der Waals surface area contributed by atoms with Gasteiger partial charge >= 0.3 is 0 Å². The molecular formula is C15H18N2O2S. The fourth-order valence-corrected chi connectivity index (χ4v) is 3.31. The van der Waals surface area contributed by atoms with Crippen LogP contribution >= 0.6 is 0 Å². The van der Waals surface area contributed by atoms with Crippen LogP contribution in [0.25, 0.3) is 0 Å². The first-order chi connectivity index (χ1) is 9.54. The summed E-state index contributed by atoms with van der Waals surface area (Å²) >= 11 is 0. The normalized spacial score (nSPS) is 11.3. The van der Waals surface area contributed by atoms with Gasteiger partial charge in [-0.25, -0.2) is 8.42 Å². The highest BCUT2D eigenvalue weighted by atomic mass is 32.2. The lowest BCUT2D eigenvalue weighted by Crippen LogP contribution is -2.29. The molecule has 2 rings (SSSR count). The number of sulfonamides is 1. The van der Waals surface area contributed by atoms with Crippen molar-refractivity contribution in [3.05, 3.63) is 65.7 Å². The van der Waals surface area contributed by atoms with E-state index in [2.05, 4.69) is 0 Å². The van der Waals surface area contributed by atoms with Crippen molar-refractivity contribution >= 4 is 15.7 Å². The minimum absolute atomic E-state index is 0.0246. The van der Waals surface area contributed by atoms with Gasteiger partial charge in [0.1, 0.15) is 0 Å². The topological polar surface area (TPSA) is 63.4 Å². The summed E-state index contributed by atoms with van der Waals surface area (Å²) in [5.74, 6) is -0.0246. The lowest BCUT2D eigenvalue weighted by molar-refractivity contribution is 0.593. The molecule has 0 aromatic heterocycles. The van der Waals surface area contributed by atoms with Crippen LogP contribution in [0, 0.1) is 0 Å². The molecule has 0 radical (unpaired) electrons. The number of nitrogens with zero attached hydrogens (tertiary/aromatic N) is 1. The van der Waals surface area contributed by atoms with E-state index in [-0.39, 0.29) is 5.75 Å². The fourth-order valence-electron chi connectivity index (χ4n) is 2.02. The molecule has 0 bridgehead atoms. The maximum Gasteiger partial charge on any atom is 0.239 e. The zero-order valence-electron chi connectivity index (χ0n) is 11.4.